The summed E-state index contributed by atoms with van der Waals surface area (Å²) in [4.78, 5) is 32.9. The Labute approximate surface area is 270 Å². The van der Waals surface area contributed by atoms with Crippen LogP contribution in [0.3, 0.4) is 0 Å². The molecule has 4 aliphatic heterocycles. The summed E-state index contributed by atoms with van der Waals surface area (Å²) in [6, 6.07) is 8.32. The molecule has 2 unspecified atom stereocenters. The van der Waals surface area contributed by atoms with Crippen LogP contribution < -0.4 is 10.6 Å². The number of ketones is 1. The second-order valence-electron chi connectivity index (χ2n) is 12.9. The predicted octanol–water partition coefficient (Wildman–Crippen LogP) is 6.05. The number of Topliss-reactive ketones (excluding diaryl/α,β-unsaturated/α-hetero) is 1. The number of nitrogens with one attached hydrogen (secondary N) is 2. The van der Waals surface area contributed by atoms with Crippen LogP contribution in [0.25, 0.3) is 3.59 Å². The van der Waals surface area contributed by atoms with Gasteiger partial charge in [0.15, 0.2) is 0 Å². The molecular formula is C34H45BrN4O2Sn. The van der Waals surface area contributed by atoms with Gasteiger partial charge in [-0.25, -0.2) is 0 Å². The van der Waals surface area contributed by atoms with Crippen LogP contribution in [0.5, 0.6) is 0 Å². The Bertz CT molecular complexity index is 1270. The van der Waals surface area contributed by atoms with Gasteiger partial charge in [-0.2, -0.15) is 0 Å². The Morgan fingerprint density at radius 2 is 1.98 bits per heavy atom. The molecule has 0 aromatic heterocycles. The Hall–Kier alpha value is -1.29. The molecule has 1 saturated carbocycles. The van der Waals surface area contributed by atoms with Crippen molar-refractivity contribution in [3.63, 3.8) is 0 Å². The molecule has 2 bridgehead atoms. The van der Waals surface area contributed by atoms with Gasteiger partial charge in [0.05, 0.1) is 0 Å². The van der Waals surface area contributed by atoms with Gasteiger partial charge in [-0.3, -0.25) is 0 Å². The van der Waals surface area contributed by atoms with Crippen LogP contribution in [0.2, 0.25) is 0 Å². The van der Waals surface area contributed by atoms with Crippen molar-refractivity contribution < 1.29 is 9.59 Å². The number of benzene rings is 1. The second-order valence-corrected chi connectivity index (χ2v) is 17.2. The Morgan fingerprint density at radius 3 is 2.76 bits per heavy atom. The third-order valence-corrected chi connectivity index (χ3v) is 14.8. The summed E-state index contributed by atoms with van der Waals surface area (Å²) in [6.07, 6.45) is 17.7. The summed E-state index contributed by atoms with van der Waals surface area (Å²) in [5.74, 6) is 0.773. The van der Waals surface area contributed by atoms with Gasteiger partial charge >= 0.3 is 271 Å². The van der Waals surface area contributed by atoms with Crippen LogP contribution >= 0.6 is 15.9 Å². The fraction of sp³-hybridized carbons (Fsp3) is 0.618. The molecule has 1 amide bonds. The molecule has 6 rings (SSSR count). The second kappa shape index (κ2) is 13.8. The number of hydrogen-bond acceptors (Lipinski definition) is 5. The van der Waals surface area contributed by atoms with E-state index in [0.29, 0.717) is 30.7 Å². The fourth-order valence-corrected chi connectivity index (χ4v) is 11.6. The van der Waals surface area contributed by atoms with Crippen molar-refractivity contribution in [2.75, 3.05) is 25.0 Å². The number of piperidine rings is 1. The van der Waals surface area contributed by atoms with Crippen LogP contribution in [0.4, 0.5) is 0 Å². The van der Waals surface area contributed by atoms with Crippen molar-refractivity contribution in [2.45, 2.75) is 95.7 Å². The molecule has 4 atom stereocenters. The van der Waals surface area contributed by atoms with Gasteiger partial charge in [-0.1, -0.05) is 0 Å². The van der Waals surface area contributed by atoms with Gasteiger partial charge in [-0.05, 0) is 0 Å². The van der Waals surface area contributed by atoms with E-state index in [1.165, 1.54) is 36.8 Å². The topological polar surface area (TPSA) is 73.8 Å². The molecule has 2 N–H and O–H groups in total. The van der Waals surface area contributed by atoms with Gasteiger partial charge in [0.1, 0.15) is 0 Å². The standard InChI is InChI=1S/C34H45BrN4O2.Sn/c1-2-27(40)9-5-3-4-8-26(38-33(41)30-23-34(30)15-19-36-20-16-34)24-37-18-14-25-10-11-28-29(22-25)32-13-12-31(28)39(32)21-7-6-17-35;/h6-7,10-11,18,22,26,30-32,36H,2-5,8-9,12-13,15-17,19-21,23H2,1H3,(H,38,41);/b7-6+,18-14?,37-24?;/t26-,30+,31?,32?;/m0./s1. The van der Waals surface area contributed by atoms with E-state index in [1.807, 2.05) is 6.92 Å². The van der Waals surface area contributed by atoms with Crippen molar-refractivity contribution in [3.8, 4) is 0 Å². The first kappa shape index (κ1) is 30.7. The number of nitrogens with zero attached hydrogens (tertiary/aromatic N) is 2. The average molecular weight is 740 g/mol. The van der Waals surface area contributed by atoms with E-state index < -0.39 is 21.1 Å². The van der Waals surface area contributed by atoms with Crippen LogP contribution in [0.1, 0.15) is 106 Å². The summed E-state index contributed by atoms with van der Waals surface area (Å²) in [6.45, 7) is 5.03. The monoisotopic (exact) mass is 740 g/mol. The molecule has 224 valence electrons. The first-order valence-electron chi connectivity index (χ1n) is 16.2. The minimum atomic E-state index is -1.11. The number of fused-ring (bicyclic) bond motifs is 5. The molecule has 1 aromatic rings. The Balaban J connectivity index is 1.10. The maximum absolute atomic E-state index is 13.5. The number of alkyl halides is 1. The average Bonchev–Trinajstić information content (AvgIpc) is 3.34. The van der Waals surface area contributed by atoms with E-state index in [0.717, 1.165) is 69.9 Å². The molecule has 8 heteroatoms. The predicted molar refractivity (Wildman–Crippen MR) is 175 cm³/mol. The quantitative estimate of drug-likeness (QED) is 0.106. The number of aliphatic imine (C=N–C) groups is 1. The number of hydrogen-bond donors (Lipinski definition) is 2. The van der Waals surface area contributed by atoms with Crippen molar-refractivity contribution in [2.24, 2.45) is 16.3 Å². The summed E-state index contributed by atoms with van der Waals surface area (Å²) in [7, 11) is 0. The van der Waals surface area contributed by atoms with E-state index in [1.54, 1.807) is 0 Å². The van der Waals surface area contributed by atoms with Crippen LogP contribution in [-0.4, -0.2) is 72.5 Å². The van der Waals surface area contributed by atoms with Gasteiger partial charge in [-0.15, -0.1) is 0 Å². The number of halogens is 1. The number of allylic oxidation sites excluding steroid dienone is 1. The van der Waals surface area contributed by atoms with Gasteiger partial charge < -0.3 is 0 Å². The van der Waals surface area contributed by atoms with Crippen LogP contribution in [-0.2, 0) is 9.59 Å². The minimum absolute atomic E-state index is 0.0428. The molecule has 1 aliphatic carbocycles. The number of rotatable bonds is 14. The van der Waals surface area contributed by atoms with Gasteiger partial charge in [0, 0.05) is 0 Å². The van der Waals surface area contributed by atoms with Gasteiger partial charge in [0.25, 0.3) is 0 Å². The number of carbonyl (C=O) groups excluding carboxylic acids is 2. The molecule has 42 heavy (non-hydrogen) atoms. The zero-order valence-electron chi connectivity index (χ0n) is 25.0. The molecule has 2 saturated heterocycles. The molecule has 6 nitrogen and oxygen atoms in total. The van der Waals surface area contributed by atoms with Crippen LogP contribution in [0.15, 0.2) is 41.5 Å². The van der Waals surface area contributed by atoms with Crippen molar-refractivity contribution in [1.82, 2.24) is 15.5 Å². The number of carbonyl (C=O) groups is 2. The Kier molecular flexibility index (Phi) is 10.1. The number of unbranched alkanes of at least 4 members (excludes halogenated alkanes) is 2. The SMILES string of the molecule is CCC(=O)CCCCC[C@H](NC(=O)[C@H]1CC12CCNCC2)[C]1=NC=[C](c2ccc3c(c2)C2CCC3N2C/C=C/CBr)[Sn]1. The fourth-order valence-electron chi connectivity index (χ4n) is 7.81. The van der Waals surface area contributed by atoms with Crippen molar-refractivity contribution in [3.05, 3.63) is 53.2 Å². The first-order valence-corrected chi connectivity index (χ1v) is 20.2. The van der Waals surface area contributed by atoms with E-state index >= 15 is 0 Å². The third kappa shape index (κ3) is 6.54. The van der Waals surface area contributed by atoms with Crippen LogP contribution in [0, 0.1) is 11.3 Å². The zero-order valence-corrected chi connectivity index (χ0v) is 29.4. The molecule has 4 heterocycles. The zero-order chi connectivity index (χ0) is 29.1. The molecule has 2 radical (unpaired) electrons. The molecule has 5 aliphatic rings. The van der Waals surface area contributed by atoms with E-state index in [2.05, 4.69) is 68.0 Å². The van der Waals surface area contributed by atoms with Crippen molar-refractivity contribution >= 4 is 56.1 Å². The maximum atomic E-state index is 13.5. The summed E-state index contributed by atoms with van der Waals surface area (Å²) >= 11 is 2.39. The molecule has 3 fully saturated rings. The normalized spacial score (nSPS) is 26.4. The molecule has 1 aromatic carbocycles. The summed E-state index contributed by atoms with van der Waals surface area (Å²) in [5, 5.41) is 7.87. The van der Waals surface area contributed by atoms with E-state index in [9.17, 15) is 9.59 Å². The Morgan fingerprint density at radius 1 is 1.17 bits per heavy atom. The summed E-state index contributed by atoms with van der Waals surface area (Å²) < 4.78 is 2.69. The molecule has 1 spiro atoms. The molecular weight excluding hydrogens is 695 g/mol. The van der Waals surface area contributed by atoms with Crippen molar-refractivity contribution in [1.29, 1.82) is 0 Å². The van der Waals surface area contributed by atoms with Gasteiger partial charge in [0.2, 0.25) is 0 Å². The van der Waals surface area contributed by atoms with E-state index in [-0.39, 0.29) is 23.3 Å². The number of amides is 1. The van der Waals surface area contributed by atoms with E-state index in [4.69, 9.17) is 4.99 Å². The first-order chi connectivity index (χ1) is 20.5. The third-order valence-electron chi connectivity index (χ3n) is 10.4. The summed E-state index contributed by atoms with van der Waals surface area (Å²) in [5.41, 5.74) is 4.64.